The summed E-state index contributed by atoms with van der Waals surface area (Å²) in [6.07, 6.45) is -4.39. The molecular weight excluding hydrogens is 341 g/mol. The Morgan fingerprint density at radius 2 is 1.83 bits per heavy atom. The smallest absolute Gasteiger partial charge is 0.384 e. The summed E-state index contributed by atoms with van der Waals surface area (Å²) in [5.41, 5.74) is 1.04. The first-order chi connectivity index (χ1) is 11.3. The average Bonchev–Trinajstić information content (AvgIpc) is 2.50. The normalized spacial score (nSPS) is 11.2. The third kappa shape index (κ3) is 4.89. The van der Waals surface area contributed by atoms with E-state index in [0.29, 0.717) is 6.54 Å². The first-order valence-corrected chi connectivity index (χ1v) is 7.61. The Hall–Kier alpha value is -2.21. The van der Waals surface area contributed by atoms with Crippen molar-refractivity contribution < 1.29 is 18.0 Å². The fourth-order valence-electron chi connectivity index (χ4n) is 2.09. The van der Waals surface area contributed by atoms with Crippen LogP contribution in [-0.4, -0.2) is 12.5 Å². The number of aryl methyl sites for hydroxylation is 1. The molecule has 0 fully saturated rings. The van der Waals surface area contributed by atoms with Gasteiger partial charge in [-0.1, -0.05) is 29.8 Å². The van der Waals surface area contributed by atoms with Gasteiger partial charge in [0.2, 0.25) is 5.91 Å². The van der Waals surface area contributed by atoms with Crippen LogP contribution in [0.3, 0.4) is 0 Å². The van der Waals surface area contributed by atoms with Crippen LogP contribution >= 0.6 is 11.6 Å². The third-order valence-corrected chi connectivity index (χ3v) is 3.71. The second-order valence-electron chi connectivity index (χ2n) is 5.23. The number of carbonyl (C=O) groups excluding carboxylic acids is 1. The first kappa shape index (κ1) is 18.1. The minimum Gasteiger partial charge on any atom is -0.384 e. The number of hydrogen-bond donors (Lipinski definition) is 2. The van der Waals surface area contributed by atoms with E-state index < -0.39 is 17.6 Å². The maximum Gasteiger partial charge on any atom is 0.416 e. The molecule has 7 heteroatoms. The number of para-hydroxylation sites is 1. The van der Waals surface area contributed by atoms with Gasteiger partial charge in [-0.15, -0.1) is 0 Å². The van der Waals surface area contributed by atoms with Crippen LogP contribution in [-0.2, 0) is 11.0 Å². The van der Waals surface area contributed by atoms with E-state index in [1.165, 1.54) is 0 Å². The highest BCUT2D eigenvalue weighted by Crippen LogP contribution is 2.33. The Labute approximate surface area is 142 Å². The quantitative estimate of drug-likeness (QED) is 0.781. The van der Waals surface area contributed by atoms with Crippen molar-refractivity contribution in [3.05, 3.63) is 58.6 Å². The van der Waals surface area contributed by atoms with Gasteiger partial charge < -0.3 is 10.6 Å². The maximum absolute atomic E-state index is 12.7. The Morgan fingerprint density at radius 3 is 2.50 bits per heavy atom. The SMILES string of the molecule is Cc1ccccc1NCCC(=O)Nc1cc(C(F)(F)F)ccc1Cl. The molecule has 0 unspecified atom stereocenters. The van der Waals surface area contributed by atoms with Crippen molar-refractivity contribution in [2.45, 2.75) is 19.5 Å². The molecule has 3 nitrogen and oxygen atoms in total. The summed E-state index contributed by atoms with van der Waals surface area (Å²) in [5, 5.41) is 5.58. The van der Waals surface area contributed by atoms with E-state index in [2.05, 4.69) is 10.6 Å². The number of anilines is 2. The molecule has 0 aliphatic rings. The molecular formula is C17H16ClF3N2O. The highest BCUT2D eigenvalue weighted by molar-refractivity contribution is 6.33. The van der Waals surface area contributed by atoms with E-state index in [0.717, 1.165) is 29.4 Å². The molecule has 1 amide bonds. The molecule has 0 spiro atoms. The molecule has 0 radical (unpaired) electrons. The number of amides is 1. The Morgan fingerprint density at radius 1 is 1.12 bits per heavy atom. The molecule has 0 saturated carbocycles. The molecule has 24 heavy (non-hydrogen) atoms. The van der Waals surface area contributed by atoms with Crippen molar-refractivity contribution >= 4 is 28.9 Å². The number of rotatable bonds is 5. The van der Waals surface area contributed by atoms with E-state index in [-0.39, 0.29) is 17.1 Å². The number of alkyl halides is 3. The number of halogens is 4. The van der Waals surface area contributed by atoms with Crippen LogP contribution in [0.15, 0.2) is 42.5 Å². The van der Waals surface area contributed by atoms with Crippen LogP contribution in [0.2, 0.25) is 5.02 Å². The summed E-state index contributed by atoms with van der Waals surface area (Å²) >= 11 is 5.84. The van der Waals surface area contributed by atoms with Gasteiger partial charge in [0.05, 0.1) is 16.3 Å². The molecule has 0 aliphatic heterocycles. The van der Waals surface area contributed by atoms with E-state index in [9.17, 15) is 18.0 Å². The molecule has 2 aromatic carbocycles. The van der Waals surface area contributed by atoms with Crippen molar-refractivity contribution in [1.82, 2.24) is 0 Å². The second kappa shape index (κ2) is 7.57. The Kier molecular flexibility index (Phi) is 5.72. The van der Waals surface area contributed by atoms with Gasteiger partial charge in [0, 0.05) is 18.7 Å². The van der Waals surface area contributed by atoms with Gasteiger partial charge in [0.1, 0.15) is 0 Å². The fraction of sp³-hybridized carbons (Fsp3) is 0.235. The van der Waals surface area contributed by atoms with Gasteiger partial charge in [-0.2, -0.15) is 13.2 Å². The van der Waals surface area contributed by atoms with Crippen LogP contribution in [0.25, 0.3) is 0 Å². The summed E-state index contributed by atoms with van der Waals surface area (Å²) in [6, 6.07) is 10.4. The van der Waals surface area contributed by atoms with Crippen LogP contribution in [0.5, 0.6) is 0 Å². The van der Waals surface area contributed by atoms with Crippen molar-refractivity contribution in [1.29, 1.82) is 0 Å². The molecule has 2 aromatic rings. The zero-order valence-corrected chi connectivity index (χ0v) is 13.6. The number of hydrogen-bond acceptors (Lipinski definition) is 2. The van der Waals surface area contributed by atoms with Gasteiger partial charge in [0.25, 0.3) is 0 Å². The molecule has 0 heterocycles. The van der Waals surface area contributed by atoms with Crippen LogP contribution in [0.4, 0.5) is 24.5 Å². The van der Waals surface area contributed by atoms with Crippen LogP contribution in [0.1, 0.15) is 17.5 Å². The summed E-state index contributed by atoms with van der Waals surface area (Å²) < 4.78 is 38.1. The van der Waals surface area contributed by atoms with Crippen molar-refractivity contribution in [3.63, 3.8) is 0 Å². The van der Waals surface area contributed by atoms with Gasteiger partial charge in [-0.25, -0.2) is 0 Å². The van der Waals surface area contributed by atoms with Gasteiger partial charge >= 0.3 is 6.18 Å². The largest absolute Gasteiger partial charge is 0.416 e. The van der Waals surface area contributed by atoms with E-state index in [4.69, 9.17) is 11.6 Å². The molecule has 2 N–H and O–H groups in total. The molecule has 0 aromatic heterocycles. The number of nitrogens with one attached hydrogen (secondary N) is 2. The standard InChI is InChI=1S/C17H16ClF3N2O/c1-11-4-2-3-5-14(11)22-9-8-16(24)23-15-10-12(17(19,20)21)6-7-13(15)18/h2-7,10,22H,8-9H2,1H3,(H,23,24). The lowest BCUT2D eigenvalue weighted by Gasteiger charge is -2.12. The van der Waals surface area contributed by atoms with E-state index in [1.807, 2.05) is 31.2 Å². The third-order valence-electron chi connectivity index (χ3n) is 3.38. The Bertz CT molecular complexity index is 732. The molecule has 128 valence electrons. The van der Waals surface area contributed by atoms with Crippen LogP contribution in [0, 0.1) is 6.92 Å². The summed E-state index contributed by atoms with van der Waals surface area (Å²) in [4.78, 5) is 11.9. The van der Waals surface area contributed by atoms with E-state index >= 15 is 0 Å². The summed E-state index contributed by atoms with van der Waals surface area (Å²) in [7, 11) is 0. The van der Waals surface area contributed by atoms with Crippen molar-refractivity contribution in [3.8, 4) is 0 Å². The van der Waals surface area contributed by atoms with Gasteiger partial charge in [-0.3, -0.25) is 4.79 Å². The van der Waals surface area contributed by atoms with Gasteiger partial charge in [-0.05, 0) is 36.8 Å². The molecule has 2 rings (SSSR count). The van der Waals surface area contributed by atoms with Gasteiger partial charge in [0.15, 0.2) is 0 Å². The minimum atomic E-state index is -4.49. The minimum absolute atomic E-state index is 0.0487. The molecule has 0 atom stereocenters. The molecule has 0 bridgehead atoms. The predicted molar refractivity (Wildman–Crippen MR) is 89.4 cm³/mol. The predicted octanol–water partition coefficient (Wildman–Crippen LogP) is 5.11. The zero-order valence-electron chi connectivity index (χ0n) is 12.9. The lowest BCUT2D eigenvalue weighted by atomic mass is 10.2. The summed E-state index contributed by atoms with van der Waals surface area (Å²) in [5.74, 6) is -0.419. The highest BCUT2D eigenvalue weighted by atomic mass is 35.5. The highest BCUT2D eigenvalue weighted by Gasteiger charge is 2.31. The fourth-order valence-corrected chi connectivity index (χ4v) is 2.26. The first-order valence-electron chi connectivity index (χ1n) is 7.23. The van der Waals surface area contributed by atoms with Crippen LogP contribution < -0.4 is 10.6 Å². The lowest BCUT2D eigenvalue weighted by Crippen LogP contribution is -2.17. The van der Waals surface area contributed by atoms with Crippen molar-refractivity contribution in [2.75, 3.05) is 17.2 Å². The van der Waals surface area contributed by atoms with Crippen molar-refractivity contribution in [2.24, 2.45) is 0 Å². The molecule has 0 saturated heterocycles. The maximum atomic E-state index is 12.7. The number of carbonyl (C=O) groups is 1. The number of benzene rings is 2. The summed E-state index contributed by atoms with van der Waals surface area (Å²) in [6.45, 7) is 2.29. The monoisotopic (exact) mass is 356 g/mol. The average molecular weight is 357 g/mol. The second-order valence-corrected chi connectivity index (χ2v) is 5.64. The lowest BCUT2D eigenvalue weighted by molar-refractivity contribution is -0.137. The zero-order chi connectivity index (χ0) is 17.7. The molecule has 0 aliphatic carbocycles. The Balaban J connectivity index is 1.94. The topological polar surface area (TPSA) is 41.1 Å². The van der Waals surface area contributed by atoms with E-state index in [1.54, 1.807) is 0 Å².